The number of hydrogen-bond acceptors (Lipinski definition) is 2. The Morgan fingerprint density at radius 1 is 1.04 bits per heavy atom. The van der Waals surface area contributed by atoms with Crippen molar-refractivity contribution in [3.8, 4) is 0 Å². The molecular weight excluding hydrogens is 336 g/mol. The van der Waals surface area contributed by atoms with Gasteiger partial charge in [0.1, 0.15) is 0 Å². The van der Waals surface area contributed by atoms with Crippen molar-refractivity contribution in [2.75, 3.05) is 19.0 Å². The molecule has 5 rings (SSSR count). The summed E-state index contributed by atoms with van der Waals surface area (Å²) in [6.45, 7) is 7.19. The largest absolute Gasteiger partial charge is 0.376 e. The Balaban J connectivity index is 1.37. The molecule has 0 spiro atoms. The van der Waals surface area contributed by atoms with Gasteiger partial charge in [-0.15, -0.1) is 0 Å². The molecule has 0 unspecified atom stereocenters. The fourth-order valence-corrected chi connectivity index (χ4v) is 6.12. The molecule has 4 heteroatoms. The summed E-state index contributed by atoms with van der Waals surface area (Å²) in [7, 11) is 1.84. The third kappa shape index (κ3) is 3.49. The zero-order valence-electron chi connectivity index (χ0n) is 17.2. The van der Waals surface area contributed by atoms with Crippen molar-refractivity contribution in [2.24, 2.45) is 23.7 Å². The number of hydrogen-bond donors (Lipinski definition) is 2. The van der Waals surface area contributed by atoms with Crippen LogP contribution in [0.4, 0.5) is 10.5 Å². The summed E-state index contributed by atoms with van der Waals surface area (Å²) in [6, 6.07) is 8.00. The Kier molecular flexibility index (Phi) is 4.74. The Labute approximate surface area is 163 Å². The summed E-state index contributed by atoms with van der Waals surface area (Å²) >= 11 is 0. The van der Waals surface area contributed by atoms with Crippen LogP contribution < -0.4 is 10.6 Å². The maximum Gasteiger partial charge on any atom is 0.319 e. The van der Waals surface area contributed by atoms with Crippen molar-refractivity contribution in [3.63, 3.8) is 0 Å². The summed E-state index contributed by atoms with van der Waals surface area (Å²) < 4.78 is 6.13. The van der Waals surface area contributed by atoms with Crippen molar-refractivity contribution >= 4 is 11.7 Å². The topological polar surface area (TPSA) is 50.4 Å². The minimum Gasteiger partial charge on any atom is -0.376 e. The van der Waals surface area contributed by atoms with E-state index in [4.69, 9.17) is 4.74 Å². The van der Waals surface area contributed by atoms with E-state index in [1.807, 2.05) is 19.2 Å². The molecule has 0 heterocycles. The van der Waals surface area contributed by atoms with E-state index in [2.05, 4.69) is 43.5 Å². The quantitative estimate of drug-likeness (QED) is 0.788. The molecule has 4 aliphatic rings. The smallest absolute Gasteiger partial charge is 0.319 e. The van der Waals surface area contributed by atoms with E-state index in [9.17, 15) is 4.79 Å². The van der Waals surface area contributed by atoms with E-state index < -0.39 is 0 Å². The number of amides is 2. The average molecular weight is 371 g/mol. The van der Waals surface area contributed by atoms with Crippen molar-refractivity contribution in [3.05, 3.63) is 29.8 Å². The van der Waals surface area contributed by atoms with Crippen LogP contribution in [0.15, 0.2) is 24.3 Å². The van der Waals surface area contributed by atoms with Crippen molar-refractivity contribution < 1.29 is 9.53 Å². The number of anilines is 1. The molecular formula is C23H34N2O2. The molecule has 4 saturated carbocycles. The maximum absolute atomic E-state index is 12.5. The van der Waals surface area contributed by atoms with Crippen LogP contribution in [-0.4, -0.2) is 25.3 Å². The summed E-state index contributed by atoms with van der Waals surface area (Å²) in [5.41, 5.74) is 2.05. The van der Waals surface area contributed by atoms with E-state index in [0.29, 0.717) is 18.4 Å². The van der Waals surface area contributed by atoms with Gasteiger partial charge in [0.15, 0.2) is 0 Å². The highest BCUT2D eigenvalue weighted by Gasteiger charge is 2.57. The molecule has 0 atom stereocenters. The zero-order chi connectivity index (χ0) is 19.2. The second kappa shape index (κ2) is 6.80. The van der Waals surface area contributed by atoms with Crippen molar-refractivity contribution in [1.29, 1.82) is 0 Å². The predicted octanol–water partition coefficient (Wildman–Crippen LogP) is 4.95. The molecule has 0 aromatic heterocycles. The summed E-state index contributed by atoms with van der Waals surface area (Å²) in [6.07, 6.45) is 6.53. The van der Waals surface area contributed by atoms with Crippen molar-refractivity contribution in [1.82, 2.24) is 5.32 Å². The highest BCUT2D eigenvalue weighted by molar-refractivity contribution is 5.89. The van der Waals surface area contributed by atoms with Crippen LogP contribution in [0.25, 0.3) is 0 Å². The van der Waals surface area contributed by atoms with E-state index in [-0.39, 0.29) is 17.0 Å². The van der Waals surface area contributed by atoms with Gasteiger partial charge in [-0.3, -0.25) is 0 Å². The lowest BCUT2D eigenvalue weighted by Gasteiger charge is -2.60. The third-order valence-corrected chi connectivity index (χ3v) is 7.43. The van der Waals surface area contributed by atoms with Gasteiger partial charge in [0.2, 0.25) is 0 Å². The molecule has 1 aromatic rings. The highest BCUT2D eigenvalue weighted by atomic mass is 16.5. The minimum absolute atomic E-state index is 0.116. The molecule has 0 aliphatic heterocycles. The number of methoxy groups -OCH3 is 1. The Hall–Kier alpha value is -1.55. The first kappa shape index (κ1) is 18.8. The second-order valence-electron chi connectivity index (χ2n) is 10.1. The van der Waals surface area contributed by atoms with Gasteiger partial charge in [0.05, 0.1) is 5.60 Å². The molecule has 2 N–H and O–H groups in total. The molecule has 0 radical (unpaired) electrons. The monoisotopic (exact) mass is 370 g/mol. The number of benzene rings is 1. The molecule has 0 saturated heterocycles. The van der Waals surface area contributed by atoms with Crippen LogP contribution in [0.5, 0.6) is 0 Å². The normalized spacial score (nSPS) is 34.5. The second-order valence-corrected chi connectivity index (χ2v) is 10.1. The first-order valence-electron chi connectivity index (χ1n) is 10.5. The SMILES string of the molecule is COC1(CNC(=O)Nc2ccc(C(C)(C)C)cc2)C2CC3CC(C2)CC1C3. The number of ether oxygens (including phenoxy) is 1. The standard InChI is InChI=1S/C23H34N2O2/c1-22(2,3)17-5-7-20(8-6-17)25-21(26)24-14-23(27-4)18-10-15-9-16(12-18)13-19(23)11-15/h5-8,15-16,18-19H,9-14H2,1-4H3,(H2,24,25,26). The molecule has 27 heavy (non-hydrogen) atoms. The molecule has 4 nitrogen and oxygen atoms in total. The van der Waals surface area contributed by atoms with Gasteiger partial charge in [-0.1, -0.05) is 32.9 Å². The fraction of sp³-hybridized carbons (Fsp3) is 0.696. The number of carbonyl (C=O) groups excluding carboxylic acids is 1. The summed E-state index contributed by atoms with van der Waals surface area (Å²) in [5, 5.41) is 6.10. The lowest BCUT2D eigenvalue weighted by atomic mass is 9.49. The Morgan fingerprint density at radius 3 is 2.07 bits per heavy atom. The maximum atomic E-state index is 12.5. The molecule has 4 aliphatic carbocycles. The summed E-state index contributed by atoms with van der Waals surface area (Å²) in [5.74, 6) is 2.99. The first-order chi connectivity index (χ1) is 12.8. The first-order valence-corrected chi connectivity index (χ1v) is 10.5. The van der Waals surface area contributed by atoms with E-state index >= 15 is 0 Å². The van der Waals surface area contributed by atoms with Gasteiger partial charge >= 0.3 is 6.03 Å². The highest BCUT2D eigenvalue weighted by Crippen LogP contribution is 2.59. The number of urea groups is 1. The molecule has 148 valence electrons. The van der Waals surface area contributed by atoms with Crippen molar-refractivity contribution in [2.45, 2.75) is 63.9 Å². The molecule has 1 aromatic carbocycles. The Morgan fingerprint density at radius 2 is 1.59 bits per heavy atom. The van der Waals surface area contributed by atoms with Gasteiger partial charge in [0, 0.05) is 19.3 Å². The van der Waals surface area contributed by atoms with Gasteiger partial charge < -0.3 is 15.4 Å². The summed E-state index contributed by atoms with van der Waals surface area (Å²) in [4.78, 5) is 12.5. The van der Waals surface area contributed by atoms with E-state index in [1.54, 1.807) is 0 Å². The predicted molar refractivity (Wildman–Crippen MR) is 109 cm³/mol. The molecule has 4 fully saturated rings. The van der Waals surface area contributed by atoms with Gasteiger partial charge in [0.25, 0.3) is 0 Å². The average Bonchev–Trinajstić information content (AvgIpc) is 2.61. The van der Waals surface area contributed by atoms with Crippen LogP contribution in [-0.2, 0) is 10.2 Å². The lowest BCUT2D eigenvalue weighted by Crippen LogP contribution is -2.63. The molecule has 4 bridgehead atoms. The van der Waals surface area contributed by atoms with E-state index in [1.165, 1.54) is 37.7 Å². The van der Waals surface area contributed by atoms with E-state index in [0.717, 1.165) is 17.5 Å². The molecule has 2 amide bonds. The third-order valence-electron chi connectivity index (χ3n) is 7.43. The number of carbonyl (C=O) groups is 1. The van der Waals surface area contributed by atoms with Gasteiger partial charge in [-0.25, -0.2) is 4.79 Å². The fourth-order valence-electron chi connectivity index (χ4n) is 6.12. The van der Waals surface area contributed by atoms with Crippen LogP contribution in [0.3, 0.4) is 0 Å². The minimum atomic E-state index is -0.166. The van der Waals surface area contributed by atoms with Crippen LogP contribution in [0.2, 0.25) is 0 Å². The number of nitrogens with one attached hydrogen (secondary N) is 2. The number of rotatable bonds is 4. The zero-order valence-corrected chi connectivity index (χ0v) is 17.2. The van der Waals surface area contributed by atoms with Crippen LogP contribution in [0, 0.1) is 23.7 Å². The Bertz CT molecular complexity index is 661. The van der Waals surface area contributed by atoms with Gasteiger partial charge in [-0.2, -0.15) is 0 Å². The van der Waals surface area contributed by atoms with Gasteiger partial charge in [-0.05, 0) is 78.9 Å². The lowest BCUT2D eigenvalue weighted by molar-refractivity contribution is -0.186. The van der Waals surface area contributed by atoms with Crippen LogP contribution >= 0.6 is 0 Å². The van der Waals surface area contributed by atoms with Crippen LogP contribution in [0.1, 0.15) is 58.4 Å².